The first-order valence-electron chi connectivity index (χ1n) is 6.81. The van der Waals surface area contributed by atoms with Crippen molar-refractivity contribution >= 4 is 34.8 Å². The van der Waals surface area contributed by atoms with E-state index in [2.05, 4.69) is 10.5 Å². The molecule has 0 heterocycles. The number of benzene rings is 1. The third kappa shape index (κ3) is 4.69. The maximum atomic E-state index is 12.6. The second-order valence-electron chi connectivity index (χ2n) is 4.97. The van der Waals surface area contributed by atoms with Crippen LogP contribution >= 0.6 is 11.6 Å². The molecule has 0 atom stereocenters. The van der Waals surface area contributed by atoms with E-state index in [4.69, 9.17) is 11.6 Å². The van der Waals surface area contributed by atoms with Gasteiger partial charge in [0.2, 0.25) is 0 Å². The van der Waals surface area contributed by atoms with E-state index in [1.807, 2.05) is 5.32 Å². The molecular formula is C14H13ClF3N3O2. The summed E-state index contributed by atoms with van der Waals surface area (Å²) in [6.07, 6.45) is -1.13. The highest BCUT2D eigenvalue weighted by atomic mass is 35.5. The zero-order valence-corrected chi connectivity index (χ0v) is 12.6. The van der Waals surface area contributed by atoms with E-state index in [-0.39, 0.29) is 10.7 Å². The Labute approximate surface area is 134 Å². The molecule has 124 valence electrons. The summed E-state index contributed by atoms with van der Waals surface area (Å²) >= 11 is 5.73. The fraction of sp³-hybridized carbons (Fsp3) is 0.357. The van der Waals surface area contributed by atoms with E-state index in [0.717, 1.165) is 43.5 Å². The lowest BCUT2D eigenvalue weighted by atomic mass is 10.2. The fourth-order valence-electron chi connectivity index (χ4n) is 2.05. The Hall–Kier alpha value is -2.09. The van der Waals surface area contributed by atoms with Crippen LogP contribution < -0.4 is 10.7 Å². The van der Waals surface area contributed by atoms with E-state index in [1.54, 1.807) is 0 Å². The molecule has 2 amide bonds. The van der Waals surface area contributed by atoms with Crippen LogP contribution in [-0.4, -0.2) is 17.5 Å². The topological polar surface area (TPSA) is 70.6 Å². The van der Waals surface area contributed by atoms with E-state index in [0.29, 0.717) is 6.07 Å². The molecule has 1 aliphatic carbocycles. The van der Waals surface area contributed by atoms with Gasteiger partial charge in [0, 0.05) is 5.71 Å². The lowest BCUT2D eigenvalue weighted by Gasteiger charge is -2.11. The van der Waals surface area contributed by atoms with Crippen LogP contribution in [0.2, 0.25) is 5.02 Å². The van der Waals surface area contributed by atoms with Gasteiger partial charge in [-0.2, -0.15) is 18.3 Å². The van der Waals surface area contributed by atoms with Crippen LogP contribution in [0.15, 0.2) is 23.3 Å². The molecule has 2 rings (SSSR count). The molecule has 0 aromatic heterocycles. The van der Waals surface area contributed by atoms with Crippen LogP contribution in [0.1, 0.15) is 31.2 Å². The van der Waals surface area contributed by atoms with Gasteiger partial charge in [-0.1, -0.05) is 11.6 Å². The highest BCUT2D eigenvalue weighted by molar-refractivity contribution is 6.41. The van der Waals surface area contributed by atoms with E-state index in [1.165, 1.54) is 0 Å². The zero-order chi connectivity index (χ0) is 17.0. The SMILES string of the molecule is O=C(NN=C1CCCC1)C(=O)Nc1cc(C(F)(F)F)ccc1Cl. The van der Waals surface area contributed by atoms with Gasteiger partial charge in [0.25, 0.3) is 0 Å². The lowest BCUT2D eigenvalue weighted by Crippen LogP contribution is -2.33. The first-order valence-corrected chi connectivity index (χ1v) is 7.18. The Morgan fingerprint density at radius 3 is 2.39 bits per heavy atom. The Bertz CT molecular complexity index is 651. The number of rotatable bonds is 2. The van der Waals surface area contributed by atoms with E-state index < -0.39 is 23.6 Å². The van der Waals surface area contributed by atoms with Gasteiger partial charge in [-0.05, 0) is 43.9 Å². The summed E-state index contributed by atoms with van der Waals surface area (Å²) in [6.45, 7) is 0. The maximum absolute atomic E-state index is 12.6. The summed E-state index contributed by atoms with van der Waals surface area (Å²) in [7, 11) is 0. The fourth-order valence-corrected chi connectivity index (χ4v) is 2.22. The Balaban J connectivity index is 2.04. The summed E-state index contributed by atoms with van der Waals surface area (Å²) in [5.74, 6) is -2.22. The summed E-state index contributed by atoms with van der Waals surface area (Å²) < 4.78 is 37.9. The van der Waals surface area contributed by atoms with Crippen molar-refractivity contribution in [1.82, 2.24) is 5.43 Å². The van der Waals surface area contributed by atoms with Crippen molar-refractivity contribution in [3.63, 3.8) is 0 Å². The number of amides is 2. The molecule has 0 aliphatic heterocycles. The Kier molecular flexibility index (Phi) is 5.25. The standard InChI is InChI=1S/C14H13ClF3N3O2/c15-10-6-5-8(14(16,17)18)7-11(10)19-12(22)13(23)21-20-9-3-1-2-4-9/h5-7H,1-4H2,(H,19,22)(H,21,23). The number of nitrogens with one attached hydrogen (secondary N) is 2. The lowest BCUT2D eigenvalue weighted by molar-refractivity contribution is -0.137. The van der Waals surface area contributed by atoms with Crippen molar-refractivity contribution in [3.8, 4) is 0 Å². The first-order chi connectivity index (χ1) is 10.8. The quantitative estimate of drug-likeness (QED) is 0.636. The third-order valence-corrected chi connectivity index (χ3v) is 3.57. The third-order valence-electron chi connectivity index (χ3n) is 3.24. The minimum Gasteiger partial charge on any atom is -0.316 e. The van der Waals surface area contributed by atoms with Crippen LogP contribution in [0.5, 0.6) is 0 Å². The number of carbonyl (C=O) groups is 2. The van der Waals surface area contributed by atoms with Crippen LogP contribution in [0, 0.1) is 0 Å². The average molecular weight is 348 g/mol. The molecule has 1 fully saturated rings. The summed E-state index contributed by atoms with van der Waals surface area (Å²) in [4.78, 5) is 23.3. The number of alkyl halides is 3. The average Bonchev–Trinajstić information content (AvgIpc) is 2.99. The number of carbonyl (C=O) groups excluding carboxylic acids is 2. The molecule has 9 heteroatoms. The van der Waals surface area contributed by atoms with Crippen molar-refractivity contribution < 1.29 is 22.8 Å². The molecule has 2 N–H and O–H groups in total. The molecule has 5 nitrogen and oxygen atoms in total. The number of halogens is 4. The smallest absolute Gasteiger partial charge is 0.316 e. The number of nitrogens with zero attached hydrogens (tertiary/aromatic N) is 1. The normalized spacial score (nSPS) is 14.5. The monoisotopic (exact) mass is 347 g/mol. The second-order valence-corrected chi connectivity index (χ2v) is 5.38. The summed E-state index contributed by atoms with van der Waals surface area (Å²) in [5, 5.41) is 5.74. The zero-order valence-electron chi connectivity index (χ0n) is 11.8. The molecule has 1 aromatic carbocycles. The van der Waals surface area contributed by atoms with Crippen molar-refractivity contribution in [2.75, 3.05) is 5.32 Å². The van der Waals surface area contributed by atoms with Gasteiger partial charge >= 0.3 is 18.0 Å². The maximum Gasteiger partial charge on any atom is 0.416 e. The van der Waals surface area contributed by atoms with Crippen molar-refractivity contribution in [3.05, 3.63) is 28.8 Å². The minimum absolute atomic E-state index is 0.110. The largest absolute Gasteiger partial charge is 0.416 e. The van der Waals surface area contributed by atoms with Gasteiger partial charge in [-0.25, -0.2) is 5.43 Å². The number of hydrogen-bond acceptors (Lipinski definition) is 3. The van der Waals surface area contributed by atoms with Gasteiger partial charge in [0.1, 0.15) is 0 Å². The predicted octanol–water partition coefficient (Wildman–Crippen LogP) is 3.34. The molecule has 0 radical (unpaired) electrons. The molecule has 1 saturated carbocycles. The van der Waals surface area contributed by atoms with Gasteiger partial charge in [-0.15, -0.1) is 0 Å². The number of anilines is 1. The summed E-state index contributed by atoms with van der Waals surface area (Å²) in [5.41, 5.74) is 1.58. The molecule has 1 aliphatic rings. The Morgan fingerprint density at radius 2 is 1.78 bits per heavy atom. The minimum atomic E-state index is -4.58. The van der Waals surface area contributed by atoms with Gasteiger partial charge < -0.3 is 5.32 Å². The van der Waals surface area contributed by atoms with Crippen LogP contribution in [-0.2, 0) is 15.8 Å². The van der Waals surface area contributed by atoms with Crippen LogP contribution in [0.4, 0.5) is 18.9 Å². The van der Waals surface area contributed by atoms with Crippen LogP contribution in [0.3, 0.4) is 0 Å². The van der Waals surface area contributed by atoms with Crippen molar-refractivity contribution in [2.45, 2.75) is 31.9 Å². The molecule has 23 heavy (non-hydrogen) atoms. The van der Waals surface area contributed by atoms with Gasteiger partial charge in [0.05, 0.1) is 16.3 Å². The molecular weight excluding hydrogens is 335 g/mol. The van der Waals surface area contributed by atoms with Crippen molar-refractivity contribution in [1.29, 1.82) is 0 Å². The summed E-state index contributed by atoms with van der Waals surface area (Å²) in [6, 6.07) is 2.44. The highest BCUT2D eigenvalue weighted by Gasteiger charge is 2.31. The number of hydrazone groups is 1. The van der Waals surface area contributed by atoms with Crippen LogP contribution in [0.25, 0.3) is 0 Å². The van der Waals surface area contributed by atoms with Gasteiger partial charge in [-0.3, -0.25) is 9.59 Å². The number of hydrogen-bond donors (Lipinski definition) is 2. The predicted molar refractivity (Wildman–Crippen MR) is 79.1 cm³/mol. The highest BCUT2D eigenvalue weighted by Crippen LogP contribution is 2.33. The van der Waals surface area contributed by atoms with E-state index in [9.17, 15) is 22.8 Å². The second kappa shape index (κ2) is 6.99. The first kappa shape index (κ1) is 17.3. The molecule has 1 aromatic rings. The molecule has 0 saturated heterocycles. The molecule has 0 bridgehead atoms. The van der Waals surface area contributed by atoms with E-state index >= 15 is 0 Å². The molecule has 0 spiro atoms. The van der Waals surface area contributed by atoms with Crippen molar-refractivity contribution in [2.24, 2.45) is 5.10 Å². The van der Waals surface area contributed by atoms with Gasteiger partial charge in [0.15, 0.2) is 0 Å². The Morgan fingerprint density at radius 1 is 1.13 bits per heavy atom. The molecule has 0 unspecified atom stereocenters.